The number of phenols is 1. The summed E-state index contributed by atoms with van der Waals surface area (Å²) < 4.78 is 23.3. The fourth-order valence-corrected chi connectivity index (χ4v) is 2.24. The van der Waals surface area contributed by atoms with Gasteiger partial charge >= 0.3 is 0 Å². The summed E-state index contributed by atoms with van der Waals surface area (Å²) >= 11 is 0. The largest absolute Gasteiger partial charge is 0.506 e. The molecule has 0 atom stereocenters. The molecule has 0 saturated carbocycles. The van der Waals surface area contributed by atoms with E-state index in [9.17, 15) is 18.3 Å². The normalized spacial score (nSPS) is 10.6. The molecule has 0 aliphatic carbocycles. The van der Waals surface area contributed by atoms with Crippen LogP contribution in [0.2, 0.25) is 0 Å². The molecule has 0 aliphatic heterocycles. The van der Waals surface area contributed by atoms with Gasteiger partial charge in [0.2, 0.25) is 5.91 Å². The van der Waals surface area contributed by atoms with Gasteiger partial charge < -0.3 is 15.7 Å². The zero-order valence-electron chi connectivity index (χ0n) is 10.6. The van der Waals surface area contributed by atoms with Crippen molar-refractivity contribution >= 4 is 33.8 Å². The van der Waals surface area contributed by atoms with Crippen LogP contribution in [-0.2, 0) is 14.6 Å². The summed E-state index contributed by atoms with van der Waals surface area (Å²) in [5, 5.41) is 14.6. The highest BCUT2D eigenvalue weighted by molar-refractivity contribution is 7.91. The molecule has 0 fully saturated rings. The summed E-state index contributed by atoms with van der Waals surface area (Å²) in [7, 11) is -1.76. The summed E-state index contributed by atoms with van der Waals surface area (Å²) in [6, 6.07) is 3.81. The SMILES string of the molecule is CCS(=O)(=O)c1ccc(O)c(NC(=O)CNC)c1.Cl. The number of aromatic hydroxyl groups is 1. The first-order chi connectivity index (χ1) is 8.40. The number of likely N-dealkylation sites (N-methyl/N-ethyl adjacent to an activating group) is 1. The number of anilines is 1. The number of hydrogen-bond acceptors (Lipinski definition) is 5. The van der Waals surface area contributed by atoms with Crippen LogP contribution in [0.15, 0.2) is 23.1 Å². The molecular formula is C11H17ClN2O4S. The first kappa shape index (κ1) is 17.7. The van der Waals surface area contributed by atoms with Crippen molar-refractivity contribution in [3.05, 3.63) is 18.2 Å². The molecule has 1 rings (SSSR count). The summed E-state index contributed by atoms with van der Waals surface area (Å²) in [5.41, 5.74) is 0.0878. The Kier molecular flexibility index (Phi) is 6.82. The third kappa shape index (κ3) is 4.70. The van der Waals surface area contributed by atoms with Crippen molar-refractivity contribution in [1.29, 1.82) is 0 Å². The molecule has 3 N–H and O–H groups in total. The van der Waals surface area contributed by atoms with Gasteiger partial charge in [-0.05, 0) is 25.2 Å². The predicted molar refractivity (Wildman–Crippen MR) is 75.6 cm³/mol. The van der Waals surface area contributed by atoms with Crippen LogP contribution in [0.4, 0.5) is 5.69 Å². The molecule has 6 nitrogen and oxygen atoms in total. The van der Waals surface area contributed by atoms with E-state index in [-0.39, 0.29) is 46.9 Å². The van der Waals surface area contributed by atoms with Crippen LogP contribution in [0.1, 0.15) is 6.92 Å². The molecular weight excluding hydrogens is 292 g/mol. The van der Waals surface area contributed by atoms with Gasteiger partial charge in [0.15, 0.2) is 9.84 Å². The fourth-order valence-electron chi connectivity index (χ4n) is 1.33. The smallest absolute Gasteiger partial charge is 0.238 e. The van der Waals surface area contributed by atoms with Crippen molar-refractivity contribution in [2.24, 2.45) is 0 Å². The number of rotatable bonds is 5. The van der Waals surface area contributed by atoms with Gasteiger partial charge in [0, 0.05) is 0 Å². The molecule has 0 spiro atoms. The van der Waals surface area contributed by atoms with E-state index >= 15 is 0 Å². The molecule has 0 bridgehead atoms. The van der Waals surface area contributed by atoms with E-state index in [1.807, 2.05) is 0 Å². The number of carbonyl (C=O) groups is 1. The van der Waals surface area contributed by atoms with Crippen molar-refractivity contribution in [2.75, 3.05) is 24.7 Å². The first-order valence-electron chi connectivity index (χ1n) is 5.41. The van der Waals surface area contributed by atoms with Gasteiger partial charge in [0.05, 0.1) is 22.9 Å². The minimum Gasteiger partial charge on any atom is -0.506 e. The fraction of sp³-hybridized carbons (Fsp3) is 0.364. The number of sulfone groups is 1. The molecule has 1 aromatic rings. The molecule has 0 unspecified atom stereocenters. The average Bonchev–Trinajstić information content (AvgIpc) is 2.32. The highest BCUT2D eigenvalue weighted by atomic mass is 35.5. The number of phenolic OH excluding ortho intramolecular Hbond substituents is 1. The van der Waals surface area contributed by atoms with Crippen LogP contribution < -0.4 is 10.6 Å². The Balaban J connectivity index is 0.00000324. The number of carbonyl (C=O) groups excluding carboxylic acids is 1. The highest BCUT2D eigenvalue weighted by Crippen LogP contribution is 2.26. The lowest BCUT2D eigenvalue weighted by Gasteiger charge is -2.09. The van der Waals surface area contributed by atoms with Crippen LogP contribution in [0.3, 0.4) is 0 Å². The number of amides is 1. The van der Waals surface area contributed by atoms with Crippen LogP contribution >= 0.6 is 12.4 Å². The van der Waals surface area contributed by atoms with Gasteiger partial charge in [-0.2, -0.15) is 0 Å². The maximum atomic E-state index is 11.7. The molecule has 1 aromatic carbocycles. The molecule has 0 aromatic heterocycles. The van der Waals surface area contributed by atoms with E-state index in [4.69, 9.17) is 0 Å². The summed E-state index contributed by atoms with van der Waals surface area (Å²) in [4.78, 5) is 11.4. The molecule has 19 heavy (non-hydrogen) atoms. The number of benzene rings is 1. The van der Waals surface area contributed by atoms with Crippen molar-refractivity contribution in [3.8, 4) is 5.75 Å². The Morgan fingerprint density at radius 2 is 2.00 bits per heavy atom. The maximum Gasteiger partial charge on any atom is 0.238 e. The van der Waals surface area contributed by atoms with Crippen LogP contribution in [0.25, 0.3) is 0 Å². The third-order valence-corrected chi connectivity index (χ3v) is 4.05. The molecule has 1 amide bonds. The predicted octanol–water partition coefficient (Wildman–Crippen LogP) is 0.765. The first-order valence-corrected chi connectivity index (χ1v) is 7.06. The van der Waals surface area contributed by atoms with E-state index in [1.54, 1.807) is 7.05 Å². The van der Waals surface area contributed by atoms with E-state index < -0.39 is 9.84 Å². The lowest BCUT2D eigenvalue weighted by atomic mass is 10.3. The van der Waals surface area contributed by atoms with Gasteiger partial charge in [-0.3, -0.25) is 4.79 Å². The topological polar surface area (TPSA) is 95.5 Å². The van der Waals surface area contributed by atoms with Gasteiger partial charge in [0.25, 0.3) is 0 Å². The van der Waals surface area contributed by atoms with Crippen LogP contribution in [0, 0.1) is 0 Å². The minimum atomic E-state index is -3.36. The number of nitrogens with one attached hydrogen (secondary N) is 2. The molecule has 0 saturated heterocycles. The Hall–Kier alpha value is -1.31. The zero-order chi connectivity index (χ0) is 13.8. The monoisotopic (exact) mass is 308 g/mol. The van der Waals surface area contributed by atoms with Gasteiger partial charge in [0.1, 0.15) is 5.75 Å². The summed E-state index contributed by atoms with van der Waals surface area (Å²) in [5.74, 6) is -0.574. The van der Waals surface area contributed by atoms with E-state index in [0.29, 0.717) is 0 Å². The molecule has 0 heterocycles. The Bertz CT molecular complexity index is 546. The molecule has 108 valence electrons. The minimum absolute atomic E-state index is 0. The molecule has 0 radical (unpaired) electrons. The lowest BCUT2D eigenvalue weighted by Crippen LogP contribution is -2.25. The van der Waals surface area contributed by atoms with E-state index in [2.05, 4.69) is 10.6 Å². The van der Waals surface area contributed by atoms with Gasteiger partial charge in [-0.25, -0.2) is 8.42 Å². The lowest BCUT2D eigenvalue weighted by molar-refractivity contribution is -0.115. The third-order valence-electron chi connectivity index (χ3n) is 2.32. The van der Waals surface area contributed by atoms with E-state index in [1.165, 1.54) is 25.1 Å². The summed E-state index contributed by atoms with van der Waals surface area (Å²) in [6.07, 6.45) is 0. The second-order valence-electron chi connectivity index (χ2n) is 3.66. The Morgan fingerprint density at radius 1 is 1.37 bits per heavy atom. The second-order valence-corrected chi connectivity index (χ2v) is 5.94. The van der Waals surface area contributed by atoms with E-state index in [0.717, 1.165) is 0 Å². The average molecular weight is 309 g/mol. The highest BCUT2D eigenvalue weighted by Gasteiger charge is 2.14. The second kappa shape index (κ2) is 7.32. The van der Waals surface area contributed by atoms with Gasteiger partial charge in [-0.15, -0.1) is 12.4 Å². The van der Waals surface area contributed by atoms with Crippen LogP contribution in [0.5, 0.6) is 5.75 Å². The molecule has 0 aliphatic rings. The Labute approximate surface area is 118 Å². The van der Waals surface area contributed by atoms with Crippen molar-refractivity contribution in [1.82, 2.24) is 5.32 Å². The van der Waals surface area contributed by atoms with Gasteiger partial charge in [-0.1, -0.05) is 6.92 Å². The Morgan fingerprint density at radius 3 is 2.53 bits per heavy atom. The number of hydrogen-bond donors (Lipinski definition) is 3. The van der Waals surface area contributed by atoms with Crippen molar-refractivity contribution < 1.29 is 18.3 Å². The van der Waals surface area contributed by atoms with Crippen molar-refractivity contribution in [2.45, 2.75) is 11.8 Å². The van der Waals surface area contributed by atoms with Crippen LogP contribution in [-0.4, -0.2) is 38.8 Å². The summed E-state index contributed by atoms with van der Waals surface area (Å²) in [6.45, 7) is 1.60. The van der Waals surface area contributed by atoms with Crippen molar-refractivity contribution in [3.63, 3.8) is 0 Å². The zero-order valence-corrected chi connectivity index (χ0v) is 12.3. The number of halogens is 1. The standard InChI is InChI=1S/C11H16N2O4S.ClH/c1-3-18(16,17)8-4-5-10(14)9(6-8)13-11(15)7-12-2;/h4-6,12,14H,3,7H2,1-2H3,(H,13,15);1H. The quantitative estimate of drug-likeness (QED) is 0.698. The molecule has 8 heteroatoms. The maximum absolute atomic E-state index is 11.7.